The first-order valence-corrected chi connectivity index (χ1v) is 9.67. The maximum absolute atomic E-state index is 12.6. The number of hydrogen-bond acceptors (Lipinski definition) is 3. The van der Waals surface area contributed by atoms with Crippen LogP contribution in [0.5, 0.6) is 5.75 Å². The number of likely N-dealkylation sites (N-methyl/N-ethyl adjacent to an activating group) is 1. The summed E-state index contributed by atoms with van der Waals surface area (Å²) in [5, 5.41) is 3.04. The van der Waals surface area contributed by atoms with Crippen LogP contribution in [0.1, 0.15) is 23.2 Å². The number of ether oxygens (including phenoxy) is 1. The highest BCUT2D eigenvalue weighted by atomic mass is 16.5. The number of para-hydroxylation sites is 1. The Kier molecular flexibility index (Phi) is 6.89. The molecule has 2 aromatic carbocycles. The smallest absolute Gasteiger partial charge is 0.317 e. The first-order valence-electron chi connectivity index (χ1n) is 9.67. The molecule has 1 atom stereocenters. The zero-order valence-corrected chi connectivity index (χ0v) is 16.2. The van der Waals surface area contributed by atoms with Gasteiger partial charge < -0.3 is 19.9 Å². The summed E-state index contributed by atoms with van der Waals surface area (Å²) in [6.07, 6.45) is 1.75. The van der Waals surface area contributed by atoms with Crippen LogP contribution in [0.15, 0.2) is 60.7 Å². The molecule has 148 valence electrons. The monoisotopic (exact) mass is 381 g/mol. The average Bonchev–Trinajstić information content (AvgIpc) is 2.74. The van der Waals surface area contributed by atoms with E-state index >= 15 is 0 Å². The van der Waals surface area contributed by atoms with Gasteiger partial charge in [0, 0.05) is 31.7 Å². The molecule has 0 bridgehead atoms. The van der Waals surface area contributed by atoms with Gasteiger partial charge in [-0.15, -0.1) is 0 Å². The van der Waals surface area contributed by atoms with Gasteiger partial charge in [0.25, 0.3) is 5.91 Å². The molecule has 0 radical (unpaired) electrons. The van der Waals surface area contributed by atoms with E-state index in [1.165, 1.54) is 0 Å². The standard InChI is InChI=1S/C22H27N3O3/c1-24(15-16-28-20-12-6-3-7-13-20)22(27)23-19-11-8-14-25(17-19)21(26)18-9-4-2-5-10-18/h2-7,9-10,12-13,19H,8,11,14-17H2,1H3,(H,23,27)/t19-/m1/s1. The van der Waals surface area contributed by atoms with Crippen LogP contribution < -0.4 is 10.1 Å². The summed E-state index contributed by atoms with van der Waals surface area (Å²) >= 11 is 0. The fourth-order valence-electron chi connectivity index (χ4n) is 3.25. The summed E-state index contributed by atoms with van der Waals surface area (Å²) < 4.78 is 5.64. The van der Waals surface area contributed by atoms with Gasteiger partial charge in [0.2, 0.25) is 0 Å². The number of likely N-dealkylation sites (tertiary alicyclic amines) is 1. The zero-order chi connectivity index (χ0) is 19.8. The Balaban J connectivity index is 1.44. The van der Waals surface area contributed by atoms with Crippen molar-refractivity contribution in [2.45, 2.75) is 18.9 Å². The molecule has 1 N–H and O–H groups in total. The van der Waals surface area contributed by atoms with Gasteiger partial charge in [-0.2, -0.15) is 0 Å². The van der Waals surface area contributed by atoms with Crippen molar-refractivity contribution in [3.8, 4) is 5.75 Å². The zero-order valence-electron chi connectivity index (χ0n) is 16.2. The Morgan fingerprint density at radius 1 is 1.11 bits per heavy atom. The lowest BCUT2D eigenvalue weighted by atomic mass is 10.0. The van der Waals surface area contributed by atoms with Gasteiger partial charge in [0.15, 0.2) is 0 Å². The molecule has 1 aliphatic rings. The minimum Gasteiger partial charge on any atom is -0.492 e. The molecule has 1 heterocycles. The van der Waals surface area contributed by atoms with Crippen molar-refractivity contribution in [2.75, 3.05) is 33.3 Å². The molecule has 0 saturated carbocycles. The highest BCUT2D eigenvalue weighted by molar-refractivity contribution is 5.94. The number of rotatable bonds is 6. The van der Waals surface area contributed by atoms with Crippen molar-refractivity contribution >= 4 is 11.9 Å². The number of benzene rings is 2. The van der Waals surface area contributed by atoms with Crippen LogP contribution in [0.25, 0.3) is 0 Å². The maximum atomic E-state index is 12.6. The number of nitrogens with zero attached hydrogens (tertiary/aromatic N) is 2. The summed E-state index contributed by atoms with van der Waals surface area (Å²) in [6, 6.07) is 18.6. The Morgan fingerprint density at radius 3 is 2.50 bits per heavy atom. The molecule has 2 aromatic rings. The summed E-state index contributed by atoms with van der Waals surface area (Å²) in [7, 11) is 1.75. The van der Waals surface area contributed by atoms with Crippen LogP contribution in [0.3, 0.4) is 0 Å². The molecule has 28 heavy (non-hydrogen) atoms. The van der Waals surface area contributed by atoms with Crippen molar-refractivity contribution in [3.63, 3.8) is 0 Å². The summed E-state index contributed by atoms with van der Waals surface area (Å²) in [4.78, 5) is 28.5. The van der Waals surface area contributed by atoms with E-state index in [0.29, 0.717) is 25.3 Å². The van der Waals surface area contributed by atoms with Crippen LogP contribution in [0.4, 0.5) is 4.79 Å². The largest absolute Gasteiger partial charge is 0.492 e. The Morgan fingerprint density at radius 2 is 1.79 bits per heavy atom. The Hall–Kier alpha value is -3.02. The van der Waals surface area contributed by atoms with Crippen molar-refractivity contribution in [1.29, 1.82) is 0 Å². The highest BCUT2D eigenvalue weighted by Crippen LogP contribution is 2.14. The minimum absolute atomic E-state index is 0.0177. The summed E-state index contributed by atoms with van der Waals surface area (Å²) in [6.45, 7) is 2.17. The van der Waals surface area contributed by atoms with E-state index in [1.807, 2.05) is 65.6 Å². The van der Waals surface area contributed by atoms with Crippen molar-refractivity contribution in [3.05, 3.63) is 66.2 Å². The number of carbonyl (C=O) groups is 2. The van der Waals surface area contributed by atoms with Crippen LogP contribution in [0, 0.1) is 0 Å². The second-order valence-corrected chi connectivity index (χ2v) is 6.99. The normalized spacial score (nSPS) is 16.3. The van der Waals surface area contributed by atoms with Gasteiger partial charge >= 0.3 is 6.03 Å². The first-order chi connectivity index (χ1) is 13.6. The molecular formula is C22H27N3O3. The molecule has 3 amide bonds. The molecule has 3 rings (SSSR count). The quantitative estimate of drug-likeness (QED) is 0.837. The van der Waals surface area contributed by atoms with E-state index in [9.17, 15) is 9.59 Å². The van der Waals surface area contributed by atoms with E-state index in [0.717, 1.165) is 25.1 Å². The number of nitrogens with one attached hydrogen (secondary N) is 1. The molecule has 1 saturated heterocycles. The van der Waals surface area contributed by atoms with Gasteiger partial charge in [0.05, 0.1) is 6.54 Å². The predicted molar refractivity (Wildman–Crippen MR) is 108 cm³/mol. The topological polar surface area (TPSA) is 61.9 Å². The fourth-order valence-corrected chi connectivity index (χ4v) is 3.25. The Bertz CT molecular complexity index is 767. The van der Waals surface area contributed by atoms with E-state index in [4.69, 9.17) is 4.74 Å². The molecule has 6 nitrogen and oxygen atoms in total. The number of hydrogen-bond donors (Lipinski definition) is 1. The van der Waals surface area contributed by atoms with Crippen molar-refractivity contribution in [1.82, 2.24) is 15.1 Å². The molecule has 1 fully saturated rings. The van der Waals surface area contributed by atoms with Gasteiger partial charge in [0.1, 0.15) is 12.4 Å². The van der Waals surface area contributed by atoms with Gasteiger partial charge in [-0.25, -0.2) is 4.79 Å². The molecule has 0 aromatic heterocycles. The van der Waals surface area contributed by atoms with Crippen LogP contribution >= 0.6 is 0 Å². The average molecular weight is 381 g/mol. The van der Waals surface area contributed by atoms with Gasteiger partial charge in [-0.3, -0.25) is 4.79 Å². The molecule has 0 aliphatic carbocycles. The number of carbonyl (C=O) groups excluding carboxylic acids is 2. The molecular weight excluding hydrogens is 354 g/mol. The summed E-state index contributed by atoms with van der Waals surface area (Å²) in [5.41, 5.74) is 0.685. The second kappa shape index (κ2) is 9.78. The maximum Gasteiger partial charge on any atom is 0.317 e. The van der Waals surface area contributed by atoms with Crippen LogP contribution in [0.2, 0.25) is 0 Å². The molecule has 0 unspecified atom stereocenters. The second-order valence-electron chi connectivity index (χ2n) is 6.99. The highest BCUT2D eigenvalue weighted by Gasteiger charge is 2.26. The lowest BCUT2D eigenvalue weighted by molar-refractivity contribution is 0.0694. The summed E-state index contributed by atoms with van der Waals surface area (Å²) in [5.74, 6) is 0.808. The minimum atomic E-state index is -0.143. The van der Waals surface area contributed by atoms with Gasteiger partial charge in [-0.05, 0) is 37.1 Å². The number of amides is 3. The lowest BCUT2D eigenvalue weighted by Gasteiger charge is -2.34. The van der Waals surface area contributed by atoms with E-state index in [2.05, 4.69) is 5.32 Å². The van der Waals surface area contributed by atoms with Crippen LogP contribution in [-0.2, 0) is 0 Å². The van der Waals surface area contributed by atoms with E-state index < -0.39 is 0 Å². The third kappa shape index (κ3) is 5.49. The van der Waals surface area contributed by atoms with E-state index in [1.54, 1.807) is 11.9 Å². The fraction of sp³-hybridized carbons (Fsp3) is 0.364. The van der Waals surface area contributed by atoms with E-state index in [-0.39, 0.29) is 18.0 Å². The van der Waals surface area contributed by atoms with Crippen molar-refractivity contribution in [2.24, 2.45) is 0 Å². The third-order valence-corrected chi connectivity index (χ3v) is 4.84. The third-order valence-electron chi connectivity index (χ3n) is 4.84. The first kappa shape index (κ1) is 19.7. The van der Waals surface area contributed by atoms with Crippen LogP contribution in [-0.4, -0.2) is 61.1 Å². The lowest BCUT2D eigenvalue weighted by Crippen LogP contribution is -2.52. The van der Waals surface area contributed by atoms with Crippen molar-refractivity contribution < 1.29 is 14.3 Å². The Labute approximate surface area is 166 Å². The molecule has 1 aliphatic heterocycles. The molecule has 6 heteroatoms. The number of piperidine rings is 1. The SMILES string of the molecule is CN(CCOc1ccccc1)C(=O)N[C@@H]1CCCN(C(=O)c2ccccc2)C1. The number of urea groups is 1. The molecule has 0 spiro atoms. The predicted octanol–water partition coefficient (Wildman–Crippen LogP) is 3.01. The van der Waals surface area contributed by atoms with Gasteiger partial charge in [-0.1, -0.05) is 36.4 Å².